The summed E-state index contributed by atoms with van der Waals surface area (Å²) in [6, 6.07) is 9.98. The molecule has 0 heterocycles. The van der Waals surface area contributed by atoms with E-state index in [1.54, 1.807) is 0 Å². The maximum Gasteiger partial charge on any atom is 0.120 e. The van der Waals surface area contributed by atoms with Crippen LogP contribution in [0, 0.1) is 0 Å². The highest BCUT2D eigenvalue weighted by Gasteiger charge is 2.44. The maximum atomic E-state index is 10.1. The second-order valence-electron chi connectivity index (χ2n) is 4.85. The predicted octanol–water partition coefficient (Wildman–Crippen LogP) is 3.30. The number of phenols is 1. The number of hydrogen-bond acceptors (Lipinski definition) is 2. The molecule has 1 saturated carbocycles. The topological polar surface area (TPSA) is 46.2 Å². The summed E-state index contributed by atoms with van der Waals surface area (Å²) >= 11 is 3.47. The highest BCUT2D eigenvalue weighted by molar-refractivity contribution is 9.10. The van der Waals surface area contributed by atoms with Crippen LogP contribution >= 0.6 is 15.9 Å². The Morgan fingerprint density at radius 3 is 2.59 bits per heavy atom. The molecular weight excluding hydrogens is 278 g/mol. The second kappa shape index (κ2) is 3.72. The van der Waals surface area contributed by atoms with Gasteiger partial charge in [0, 0.05) is 22.0 Å². The van der Waals surface area contributed by atoms with Gasteiger partial charge in [0.1, 0.15) is 5.75 Å². The first-order valence-electron chi connectivity index (χ1n) is 5.77. The van der Waals surface area contributed by atoms with E-state index in [1.165, 1.54) is 0 Å². The Labute approximate surface area is 109 Å². The number of nitrogens with two attached hydrogens (primary N) is 1. The van der Waals surface area contributed by atoms with Gasteiger partial charge >= 0.3 is 0 Å². The van der Waals surface area contributed by atoms with E-state index in [4.69, 9.17) is 5.73 Å². The van der Waals surface area contributed by atoms with E-state index in [0.717, 1.165) is 33.7 Å². The average molecular weight is 292 g/mol. The molecule has 0 saturated heterocycles. The van der Waals surface area contributed by atoms with Crippen molar-refractivity contribution < 1.29 is 5.11 Å². The van der Waals surface area contributed by atoms with Crippen LogP contribution in [0.5, 0.6) is 5.75 Å². The Bertz CT molecular complexity index is 590. The van der Waals surface area contributed by atoms with Gasteiger partial charge in [-0.3, -0.25) is 0 Å². The summed E-state index contributed by atoms with van der Waals surface area (Å²) in [5, 5.41) is 12.3. The fourth-order valence-corrected chi connectivity index (χ4v) is 2.79. The molecule has 2 aromatic rings. The van der Waals surface area contributed by atoms with Gasteiger partial charge in [-0.2, -0.15) is 0 Å². The molecule has 0 atom stereocenters. The molecular formula is C14H14BrNO. The quantitative estimate of drug-likeness (QED) is 0.892. The molecule has 2 aromatic carbocycles. The van der Waals surface area contributed by atoms with Gasteiger partial charge in [-0.1, -0.05) is 22.0 Å². The van der Waals surface area contributed by atoms with Gasteiger partial charge < -0.3 is 10.8 Å². The number of rotatable bonds is 2. The predicted molar refractivity (Wildman–Crippen MR) is 73.3 cm³/mol. The van der Waals surface area contributed by atoms with E-state index in [-0.39, 0.29) is 5.41 Å². The first-order valence-corrected chi connectivity index (χ1v) is 6.57. The molecule has 0 aromatic heterocycles. The van der Waals surface area contributed by atoms with Crippen molar-refractivity contribution in [3.8, 4) is 5.75 Å². The minimum atomic E-state index is 0.0284. The molecule has 0 aliphatic heterocycles. The van der Waals surface area contributed by atoms with Gasteiger partial charge in [-0.25, -0.2) is 0 Å². The third kappa shape index (κ3) is 1.74. The standard InChI is InChI=1S/C14H14BrNO/c15-11-2-1-9-7-13(17)12(6-10(9)5-11)14(8-16)3-4-14/h1-2,5-7,17H,3-4,8,16H2. The molecule has 1 fully saturated rings. The van der Waals surface area contributed by atoms with Crippen molar-refractivity contribution >= 4 is 26.7 Å². The molecule has 17 heavy (non-hydrogen) atoms. The Kier molecular flexibility index (Phi) is 2.42. The highest BCUT2D eigenvalue weighted by Crippen LogP contribution is 2.51. The minimum absolute atomic E-state index is 0.0284. The summed E-state index contributed by atoms with van der Waals surface area (Å²) < 4.78 is 1.05. The number of aromatic hydroxyl groups is 1. The number of halogens is 1. The van der Waals surface area contributed by atoms with E-state index in [1.807, 2.05) is 18.2 Å². The summed E-state index contributed by atoms with van der Waals surface area (Å²) in [5.74, 6) is 0.378. The molecule has 3 heteroatoms. The minimum Gasteiger partial charge on any atom is -0.508 e. The van der Waals surface area contributed by atoms with Crippen LogP contribution in [0.1, 0.15) is 18.4 Å². The normalized spacial score (nSPS) is 17.3. The Morgan fingerprint density at radius 2 is 1.94 bits per heavy atom. The lowest BCUT2D eigenvalue weighted by Crippen LogP contribution is -2.19. The zero-order valence-corrected chi connectivity index (χ0v) is 11.0. The fraction of sp³-hybridized carbons (Fsp3) is 0.286. The van der Waals surface area contributed by atoms with Crippen LogP contribution in [0.3, 0.4) is 0 Å². The van der Waals surface area contributed by atoms with Crippen LogP contribution in [0.25, 0.3) is 10.8 Å². The largest absolute Gasteiger partial charge is 0.508 e. The molecule has 3 rings (SSSR count). The summed E-state index contributed by atoms with van der Waals surface area (Å²) in [6.45, 7) is 0.611. The zero-order valence-electron chi connectivity index (χ0n) is 9.41. The lowest BCUT2D eigenvalue weighted by molar-refractivity contribution is 0.460. The third-order valence-corrected chi connectivity index (χ3v) is 4.23. The molecule has 1 aliphatic rings. The first-order chi connectivity index (χ1) is 8.14. The summed E-state index contributed by atoms with van der Waals surface area (Å²) in [5.41, 5.74) is 6.86. The molecule has 0 spiro atoms. The average Bonchev–Trinajstić information content (AvgIpc) is 3.10. The number of benzene rings is 2. The molecule has 88 valence electrons. The Morgan fingerprint density at radius 1 is 1.18 bits per heavy atom. The van der Waals surface area contributed by atoms with Crippen LogP contribution in [0.4, 0.5) is 0 Å². The molecule has 0 bridgehead atoms. The van der Waals surface area contributed by atoms with Crippen LogP contribution in [0.2, 0.25) is 0 Å². The van der Waals surface area contributed by atoms with Crippen molar-refractivity contribution in [2.45, 2.75) is 18.3 Å². The molecule has 1 aliphatic carbocycles. The summed E-state index contributed by atoms with van der Waals surface area (Å²) in [4.78, 5) is 0. The Hall–Kier alpha value is -1.06. The van der Waals surface area contributed by atoms with Crippen LogP contribution in [0.15, 0.2) is 34.8 Å². The van der Waals surface area contributed by atoms with E-state index in [9.17, 15) is 5.11 Å². The first kappa shape index (κ1) is 11.1. The van der Waals surface area contributed by atoms with Crippen molar-refractivity contribution in [3.63, 3.8) is 0 Å². The molecule has 0 radical (unpaired) electrons. The van der Waals surface area contributed by atoms with Gasteiger partial charge in [0.2, 0.25) is 0 Å². The lowest BCUT2D eigenvalue weighted by Gasteiger charge is -2.15. The van der Waals surface area contributed by atoms with Crippen LogP contribution in [-0.4, -0.2) is 11.7 Å². The van der Waals surface area contributed by atoms with E-state index >= 15 is 0 Å². The van der Waals surface area contributed by atoms with E-state index in [2.05, 4.69) is 28.1 Å². The highest BCUT2D eigenvalue weighted by atomic mass is 79.9. The van der Waals surface area contributed by atoms with Gasteiger partial charge in [-0.15, -0.1) is 0 Å². The van der Waals surface area contributed by atoms with Gasteiger partial charge in [-0.05, 0) is 47.9 Å². The Balaban J connectivity index is 2.22. The monoisotopic (exact) mass is 291 g/mol. The smallest absolute Gasteiger partial charge is 0.120 e. The van der Waals surface area contributed by atoms with Crippen LogP contribution < -0.4 is 5.73 Å². The molecule has 2 nitrogen and oxygen atoms in total. The number of fused-ring (bicyclic) bond motifs is 1. The van der Waals surface area contributed by atoms with Crippen molar-refractivity contribution in [3.05, 3.63) is 40.4 Å². The SMILES string of the molecule is NCC1(c2cc3cc(Br)ccc3cc2O)CC1. The number of phenolic OH excluding ortho intramolecular Hbond substituents is 1. The zero-order chi connectivity index (χ0) is 12.0. The summed E-state index contributed by atoms with van der Waals surface area (Å²) in [6.07, 6.45) is 2.16. The van der Waals surface area contributed by atoms with Gasteiger partial charge in [0.15, 0.2) is 0 Å². The van der Waals surface area contributed by atoms with Gasteiger partial charge in [0.25, 0.3) is 0 Å². The second-order valence-corrected chi connectivity index (χ2v) is 5.76. The van der Waals surface area contributed by atoms with Crippen molar-refractivity contribution in [2.75, 3.05) is 6.54 Å². The third-order valence-electron chi connectivity index (χ3n) is 3.73. The van der Waals surface area contributed by atoms with Crippen molar-refractivity contribution in [1.82, 2.24) is 0 Å². The molecule has 0 unspecified atom stereocenters. The van der Waals surface area contributed by atoms with Crippen molar-refractivity contribution in [1.29, 1.82) is 0 Å². The summed E-state index contributed by atoms with van der Waals surface area (Å²) in [7, 11) is 0. The number of hydrogen-bond donors (Lipinski definition) is 2. The van der Waals surface area contributed by atoms with E-state index < -0.39 is 0 Å². The fourth-order valence-electron chi connectivity index (χ4n) is 2.42. The van der Waals surface area contributed by atoms with Gasteiger partial charge in [0.05, 0.1) is 0 Å². The maximum absolute atomic E-state index is 10.1. The van der Waals surface area contributed by atoms with Crippen LogP contribution in [-0.2, 0) is 5.41 Å². The molecule has 3 N–H and O–H groups in total. The lowest BCUT2D eigenvalue weighted by atomic mass is 9.92. The molecule has 0 amide bonds. The van der Waals surface area contributed by atoms with E-state index in [0.29, 0.717) is 12.3 Å². The van der Waals surface area contributed by atoms with Crippen molar-refractivity contribution in [2.24, 2.45) is 5.73 Å².